The Morgan fingerprint density at radius 1 is 0.800 bits per heavy atom. The van der Waals surface area contributed by atoms with E-state index in [1.165, 1.54) is 6.08 Å². The molecule has 4 aromatic carbocycles. The second kappa shape index (κ2) is 7.17. The van der Waals surface area contributed by atoms with Crippen LogP contribution in [0.3, 0.4) is 0 Å². The van der Waals surface area contributed by atoms with Crippen LogP contribution in [0.5, 0.6) is 5.75 Å². The predicted octanol–water partition coefficient (Wildman–Crippen LogP) is 5.24. The first-order valence-electron chi connectivity index (χ1n) is 9.72. The third kappa shape index (κ3) is 3.23. The molecule has 1 aliphatic rings. The van der Waals surface area contributed by atoms with Gasteiger partial charge in [-0.3, -0.25) is 4.79 Å². The van der Waals surface area contributed by atoms with E-state index in [-0.39, 0.29) is 0 Å². The van der Waals surface area contributed by atoms with E-state index in [9.17, 15) is 9.90 Å². The average Bonchev–Trinajstić information content (AvgIpc) is 2.80. The summed E-state index contributed by atoms with van der Waals surface area (Å²) in [4.78, 5) is 12.9. The molecule has 0 radical (unpaired) electrons. The molecule has 0 saturated heterocycles. The van der Waals surface area contributed by atoms with Crippen LogP contribution >= 0.6 is 0 Å². The predicted molar refractivity (Wildman–Crippen MR) is 119 cm³/mol. The highest BCUT2D eigenvalue weighted by atomic mass is 16.6. The summed E-state index contributed by atoms with van der Waals surface area (Å²) in [5, 5.41) is 15.5. The summed E-state index contributed by atoms with van der Waals surface area (Å²) in [6.45, 7) is 0. The molecule has 0 aliphatic carbocycles. The number of carbonyl (C=O) groups is 1. The molecule has 4 nitrogen and oxygen atoms in total. The SMILES string of the molecule is O=C(Nc1ccc(-c2ccccc2)cc1)C1(O)C=Cc2ccc3ccccc3c2O1. The van der Waals surface area contributed by atoms with Crippen molar-refractivity contribution >= 4 is 28.4 Å². The Morgan fingerprint density at radius 3 is 2.30 bits per heavy atom. The maximum Gasteiger partial charge on any atom is 0.309 e. The van der Waals surface area contributed by atoms with E-state index >= 15 is 0 Å². The van der Waals surface area contributed by atoms with Crippen molar-refractivity contribution in [3.05, 3.63) is 103 Å². The van der Waals surface area contributed by atoms with Gasteiger partial charge in [0.1, 0.15) is 5.75 Å². The highest BCUT2D eigenvalue weighted by Gasteiger charge is 2.39. The third-order valence-corrected chi connectivity index (χ3v) is 5.23. The fourth-order valence-electron chi connectivity index (χ4n) is 3.62. The van der Waals surface area contributed by atoms with E-state index in [1.807, 2.05) is 78.9 Å². The standard InChI is InChI=1S/C26H19NO3/c28-25(27-22-14-12-19(13-15-22)18-6-2-1-3-7-18)26(29)17-16-21-11-10-20-8-4-5-9-23(20)24(21)30-26/h1-17,29H,(H,27,28). The topological polar surface area (TPSA) is 58.6 Å². The molecular weight excluding hydrogens is 374 g/mol. The maximum absolute atomic E-state index is 12.9. The first kappa shape index (κ1) is 18.2. The van der Waals surface area contributed by atoms with Crippen molar-refractivity contribution in [3.8, 4) is 16.9 Å². The molecule has 1 amide bonds. The Balaban J connectivity index is 1.39. The number of ether oxygens (including phenoxy) is 1. The number of benzene rings is 4. The van der Waals surface area contributed by atoms with Gasteiger partial charge in [-0.1, -0.05) is 78.9 Å². The van der Waals surface area contributed by atoms with Crippen LogP contribution in [-0.2, 0) is 4.79 Å². The summed E-state index contributed by atoms with van der Waals surface area (Å²) < 4.78 is 5.82. The van der Waals surface area contributed by atoms with Crippen molar-refractivity contribution < 1.29 is 14.6 Å². The molecule has 30 heavy (non-hydrogen) atoms. The molecule has 5 rings (SSSR count). The van der Waals surface area contributed by atoms with E-state index in [0.29, 0.717) is 11.4 Å². The molecule has 1 aliphatic heterocycles. The number of aliphatic hydroxyl groups is 1. The smallest absolute Gasteiger partial charge is 0.309 e. The average molecular weight is 393 g/mol. The molecule has 1 heterocycles. The van der Waals surface area contributed by atoms with Crippen LogP contribution in [0.15, 0.2) is 97.1 Å². The van der Waals surface area contributed by atoms with E-state index in [4.69, 9.17) is 4.74 Å². The van der Waals surface area contributed by atoms with Gasteiger partial charge >= 0.3 is 11.7 Å². The number of anilines is 1. The number of nitrogens with one attached hydrogen (secondary N) is 1. The Kier molecular flexibility index (Phi) is 4.34. The first-order valence-corrected chi connectivity index (χ1v) is 9.72. The molecule has 146 valence electrons. The molecule has 4 aromatic rings. The number of rotatable bonds is 3. The third-order valence-electron chi connectivity index (χ3n) is 5.23. The first-order chi connectivity index (χ1) is 14.6. The maximum atomic E-state index is 12.9. The van der Waals surface area contributed by atoms with Gasteiger partial charge < -0.3 is 15.2 Å². The van der Waals surface area contributed by atoms with Crippen LogP contribution in [0.25, 0.3) is 28.0 Å². The number of hydrogen-bond acceptors (Lipinski definition) is 3. The number of fused-ring (bicyclic) bond motifs is 3. The Bertz CT molecular complexity index is 1260. The van der Waals surface area contributed by atoms with Gasteiger partial charge in [-0.15, -0.1) is 0 Å². The van der Waals surface area contributed by atoms with E-state index < -0.39 is 11.7 Å². The second-order valence-corrected chi connectivity index (χ2v) is 7.23. The molecule has 0 fully saturated rings. The highest BCUT2D eigenvalue weighted by molar-refractivity contribution is 6.01. The summed E-state index contributed by atoms with van der Waals surface area (Å²) in [5.74, 6) is -2.24. The molecule has 1 unspecified atom stereocenters. The lowest BCUT2D eigenvalue weighted by molar-refractivity contribution is -0.154. The van der Waals surface area contributed by atoms with E-state index in [1.54, 1.807) is 18.2 Å². The van der Waals surface area contributed by atoms with Crippen LogP contribution in [0.4, 0.5) is 5.69 Å². The van der Waals surface area contributed by atoms with Gasteiger partial charge in [-0.2, -0.15) is 0 Å². The minimum Gasteiger partial charge on any atom is -0.449 e. The quantitative estimate of drug-likeness (QED) is 0.500. The van der Waals surface area contributed by atoms with Crippen molar-refractivity contribution in [2.24, 2.45) is 0 Å². The molecule has 1 atom stereocenters. The Morgan fingerprint density at radius 2 is 1.50 bits per heavy atom. The molecule has 0 saturated carbocycles. The summed E-state index contributed by atoms with van der Waals surface area (Å²) in [7, 11) is 0. The van der Waals surface area contributed by atoms with Crippen LogP contribution < -0.4 is 10.1 Å². The van der Waals surface area contributed by atoms with E-state index in [0.717, 1.165) is 27.5 Å². The van der Waals surface area contributed by atoms with Gasteiger partial charge in [0.05, 0.1) is 0 Å². The van der Waals surface area contributed by atoms with Crippen molar-refractivity contribution in [2.45, 2.75) is 5.79 Å². The van der Waals surface area contributed by atoms with Gasteiger partial charge in [-0.25, -0.2) is 0 Å². The zero-order chi connectivity index (χ0) is 20.6. The number of amides is 1. The summed E-state index contributed by atoms with van der Waals surface area (Å²) >= 11 is 0. The Hall–Kier alpha value is -3.89. The van der Waals surface area contributed by atoms with Gasteiger partial charge in [-0.05, 0) is 40.8 Å². The largest absolute Gasteiger partial charge is 0.449 e. The summed E-state index contributed by atoms with van der Waals surface area (Å²) in [6, 6.07) is 29.1. The fraction of sp³-hybridized carbons (Fsp3) is 0.0385. The van der Waals surface area contributed by atoms with Gasteiger partial charge in [0.15, 0.2) is 0 Å². The van der Waals surface area contributed by atoms with Gasteiger partial charge in [0.2, 0.25) is 0 Å². The number of carbonyl (C=O) groups excluding carboxylic acids is 1. The molecule has 0 bridgehead atoms. The monoisotopic (exact) mass is 393 g/mol. The van der Waals surface area contributed by atoms with Crippen LogP contribution in [0.2, 0.25) is 0 Å². The van der Waals surface area contributed by atoms with Crippen LogP contribution in [0, 0.1) is 0 Å². The molecular formula is C26H19NO3. The fourth-order valence-corrected chi connectivity index (χ4v) is 3.62. The minimum absolute atomic E-state index is 0.493. The highest BCUT2D eigenvalue weighted by Crippen LogP contribution is 2.37. The minimum atomic E-state index is -2.09. The van der Waals surface area contributed by atoms with Crippen molar-refractivity contribution in [1.29, 1.82) is 0 Å². The zero-order valence-electron chi connectivity index (χ0n) is 16.1. The normalized spacial score (nSPS) is 17.2. The van der Waals surface area contributed by atoms with Crippen LogP contribution in [-0.4, -0.2) is 16.8 Å². The molecule has 0 spiro atoms. The van der Waals surface area contributed by atoms with Gasteiger partial charge in [0, 0.05) is 16.6 Å². The van der Waals surface area contributed by atoms with Crippen molar-refractivity contribution in [2.75, 3.05) is 5.32 Å². The van der Waals surface area contributed by atoms with Gasteiger partial charge in [0.25, 0.3) is 0 Å². The second-order valence-electron chi connectivity index (χ2n) is 7.23. The Labute approximate surface area is 174 Å². The molecule has 2 N–H and O–H groups in total. The number of hydrogen-bond donors (Lipinski definition) is 2. The zero-order valence-corrected chi connectivity index (χ0v) is 16.1. The summed E-state index contributed by atoms with van der Waals surface area (Å²) in [6.07, 6.45) is 3.08. The molecule has 0 aromatic heterocycles. The lowest BCUT2D eigenvalue weighted by atomic mass is 10.0. The van der Waals surface area contributed by atoms with Crippen LogP contribution in [0.1, 0.15) is 5.56 Å². The molecule has 4 heteroatoms. The van der Waals surface area contributed by atoms with Crippen molar-refractivity contribution in [3.63, 3.8) is 0 Å². The summed E-state index contributed by atoms with van der Waals surface area (Å²) in [5.41, 5.74) is 3.53. The lowest BCUT2D eigenvalue weighted by Crippen LogP contribution is -2.47. The lowest BCUT2D eigenvalue weighted by Gasteiger charge is -2.29. The van der Waals surface area contributed by atoms with E-state index in [2.05, 4.69) is 5.32 Å². The van der Waals surface area contributed by atoms with Crippen molar-refractivity contribution in [1.82, 2.24) is 0 Å².